The summed E-state index contributed by atoms with van der Waals surface area (Å²) < 4.78 is 2.19. The normalized spacial score (nSPS) is 10.7. The van der Waals surface area contributed by atoms with Crippen molar-refractivity contribution >= 4 is 22.8 Å². The van der Waals surface area contributed by atoms with Gasteiger partial charge in [0.25, 0.3) is 0 Å². The number of fused-ring (bicyclic) bond motifs is 1. The van der Waals surface area contributed by atoms with Crippen LogP contribution in [0.4, 0.5) is 10.5 Å². The molecule has 3 rings (SSSR count). The number of pyridine rings is 1. The Morgan fingerprint density at radius 1 is 1.17 bits per heavy atom. The lowest BCUT2D eigenvalue weighted by Crippen LogP contribution is -2.30. The summed E-state index contributed by atoms with van der Waals surface area (Å²) in [6.45, 7) is 3.69. The van der Waals surface area contributed by atoms with Gasteiger partial charge in [-0.25, -0.2) is 9.78 Å². The molecule has 2 amide bonds. The third-order valence-corrected chi connectivity index (χ3v) is 3.89. The van der Waals surface area contributed by atoms with Crippen LogP contribution in [-0.2, 0) is 13.0 Å². The van der Waals surface area contributed by atoms with E-state index in [9.17, 15) is 4.79 Å². The Morgan fingerprint density at radius 2 is 2.00 bits per heavy atom. The lowest BCUT2D eigenvalue weighted by atomic mass is 10.1. The van der Waals surface area contributed by atoms with Crippen LogP contribution in [0.15, 0.2) is 54.9 Å². The van der Waals surface area contributed by atoms with Crippen LogP contribution < -0.4 is 10.6 Å². The van der Waals surface area contributed by atoms with Crippen molar-refractivity contribution in [1.82, 2.24) is 14.9 Å². The molecule has 2 N–H and O–H groups in total. The summed E-state index contributed by atoms with van der Waals surface area (Å²) in [7, 11) is 0. The van der Waals surface area contributed by atoms with E-state index in [2.05, 4.69) is 39.4 Å². The molecule has 0 aliphatic carbocycles. The molecule has 0 unspecified atom stereocenters. The summed E-state index contributed by atoms with van der Waals surface area (Å²) in [5.41, 5.74) is 3.02. The van der Waals surface area contributed by atoms with Gasteiger partial charge in [-0.15, -0.1) is 0 Å². The number of amides is 2. The molecule has 2 heterocycles. The summed E-state index contributed by atoms with van der Waals surface area (Å²) in [5.74, 6) is 0. The number of nitrogens with one attached hydrogen (secondary N) is 2. The minimum atomic E-state index is -0.184. The first kappa shape index (κ1) is 16.1. The Bertz CT molecular complexity index is 811. The third kappa shape index (κ3) is 3.74. The maximum atomic E-state index is 11.9. The van der Waals surface area contributed by atoms with Gasteiger partial charge >= 0.3 is 6.03 Å². The molecule has 0 aliphatic heterocycles. The topological polar surface area (TPSA) is 59.0 Å². The van der Waals surface area contributed by atoms with Crippen molar-refractivity contribution < 1.29 is 4.79 Å². The Balaban J connectivity index is 1.60. The van der Waals surface area contributed by atoms with E-state index in [-0.39, 0.29) is 6.03 Å². The van der Waals surface area contributed by atoms with E-state index in [1.807, 2.05) is 42.6 Å². The summed E-state index contributed by atoms with van der Waals surface area (Å²) in [4.78, 5) is 16.4. The van der Waals surface area contributed by atoms with Gasteiger partial charge in [-0.1, -0.05) is 25.1 Å². The summed E-state index contributed by atoms with van der Waals surface area (Å²) >= 11 is 0. The number of carbonyl (C=O) groups is 1. The largest absolute Gasteiger partial charge is 0.338 e. The SMILES string of the molecule is CCCn1cc(CCNC(=O)Nc2ccccc2)c2cccnc21. The third-order valence-electron chi connectivity index (χ3n) is 3.89. The average molecular weight is 322 g/mol. The first-order valence-electron chi connectivity index (χ1n) is 8.30. The van der Waals surface area contributed by atoms with E-state index < -0.39 is 0 Å². The number of anilines is 1. The number of carbonyl (C=O) groups excluding carboxylic acids is 1. The van der Waals surface area contributed by atoms with Crippen molar-refractivity contribution in [2.24, 2.45) is 0 Å². The molecular weight excluding hydrogens is 300 g/mol. The first-order chi connectivity index (χ1) is 11.8. The molecular formula is C19H22N4O. The Labute approximate surface area is 141 Å². The van der Waals surface area contributed by atoms with E-state index in [4.69, 9.17) is 0 Å². The highest BCUT2D eigenvalue weighted by Gasteiger charge is 2.09. The highest BCUT2D eigenvalue weighted by atomic mass is 16.2. The van der Waals surface area contributed by atoms with E-state index in [1.165, 1.54) is 5.56 Å². The minimum absolute atomic E-state index is 0.184. The van der Waals surface area contributed by atoms with Gasteiger partial charge in [0, 0.05) is 36.6 Å². The molecule has 0 saturated heterocycles. The van der Waals surface area contributed by atoms with Crippen LogP contribution in [0.2, 0.25) is 0 Å². The molecule has 0 radical (unpaired) electrons. The predicted octanol–water partition coefficient (Wildman–Crippen LogP) is 3.81. The molecule has 0 bridgehead atoms. The zero-order valence-corrected chi connectivity index (χ0v) is 13.8. The number of nitrogens with zero attached hydrogens (tertiary/aromatic N) is 2. The van der Waals surface area contributed by atoms with E-state index in [1.54, 1.807) is 0 Å². The van der Waals surface area contributed by atoms with Crippen molar-refractivity contribution in [1.29, 1.82) is 0 Å². The van der Waals surface area contributed by atoms with E-state index in [0.29, 0.717) is 6.54 Å². The molecule has 124 valence electrons. The standard InChI is InChI=1S/C19H22N4O/c1-2-13-23-14-15(17-9-6-11-20-18(17)23)10-12-21-19(24)22-16-7-4-3-5-8-16/h3-9,11,14H,2,10,12-13H2,1H3,(H2,21,22,24). The van der Waals surface area contributed by atoms with Gasteiger partial charge in [0.2, 0.25) is 0 Å². The lowest BCUT2D eigenvalue weighted by molar-refractivity contribution is 0.252. The van der Waals surface area contributed by atoms with Crippen LogP contribution in [0.1, 0.15) is 18.9 Å². The molecule has 0 spiro atoms. The number of para-hydroxylation sites is 1. The van der Waals surface area contributed by atoms with Crippen molar-refractivity contribution in [2.75, 3.05) is 11.9 Å². The monoisotopic (exact) mass is 322 g/mol. The van der Waals surface area contributed by atoms with Gasteiger partial charge in [-0.05, 0) is 42.7 Å². The number of aryl methyl sites for hydroxylation is 1. The minimum Gasteiger partial charge on any atom is -0.338 e. The molecule has 24 heavy (non-hydrogen) atoms. The molecule has 0 atom stereocenters. The maximum absolute atomic E-state index is 11.9. The van der Waals surface area contributed by atoms with Crippen LogP contribution in [0, 0.1) is 0 Å². The second-order valence-corrected chi connectivity index (χ2v) is 5.72. The second-order valence-electron chi connectivity index (χ2n) is 5.72. The van der Waals surface area contributed by atoms with Crippen LogP contribution in [0.3, 0.4) is 0 Å². The van der Waals surface area contributed by atoms with Crippen LogP contribution >= 0.6 is 0 Å². The fourth-order valence-corrected chi connectivity index (χ4v) is 2.81. The molecule has 1 aromatic carbocycles. The predicted molar refractivity (Wildman–Crippen MR) is 97.2 cm³/mol. The number of rotatable bonds is 6. The van der Waals surface area contributed by atoms with Crippen molar-refractivity contribution in [3.63, 3.8) is 0 Å². The van der Waals surface area contributed by atoms with Crippen LogP contribution in [0.5, 0.6) is 0 Å². The summed E-state index contributed by atoms with van der Waals surface area (Å²) in [6.07, 6.45) is 5.82. The number of hydrogen-bond acceptors (Lipinski definition) is 2. The summed E-state index contributed by atoms with van der Waals surface area (Å²) in [5, 5.41) is 6.89. The highest BCUT2D eigenvalue weighted by Crippen LogP contribution is 2.20. The van der Waals surface area contributed by atoms with Gasteiger partial charge in [0.15, 0.2) is 0 Å². The van der Waals surface area contributed by atoms with Gasteiger partial charge < -0.3 is 15.2 Å². The summed E-state index contributed by atoms with van der Waals surface area (Å²) in [6, 6.07) is 13.3. The fourth-order valence-electron chi connectivity index (χ4n) is 2.81. The molecule has 3 aromatic rings. The molecule has 0 aliphatic rings. The van der Waals surface area contributed by atoms with Gasteiger partial charge in [-0.2, -0.15) is 0 Å². The van der Waals surface area contributed by atoms with Crippen molar-refractivity contribution in [2.45, 2.75) is 26.3 Å². The van der Waals surface area contributed by atoms with E-state index >= 15 is 0 Å². The first-order valence-corrected chi connectivity index (χ1v) is 8.30. The van der Waals surface area contributed by atoms with Gasteiger partial charge in [0.05, 0.1) is 0 Å². The second kappa shape index (κ2) is 7.64. The van der Waals surface area contributed by atoms with Gasteiger partial charge in [-0.3, -0.25) is 0 Å². The number of benzene rings is 1. The number of hydrogen-bond donors (Lipinski definition) is 2. The highest BCUT2D eigenvalue weighted by molar-refractivity contribution is 5.89. The Hall–Kier alpha value is -2.82. The lowest BCUT2D eigenvalue weighted by Gasteiger charge is -2.07. The number of aromatic nitrogens is 2. The average Bonchev–Trinajstić information content (AvgIpc) is 2.94. The smallest absolute Gasteiger partial charge is 0.319 e. The Morgan fingerprint density at radius 3 is 2.79 bits per heavy atom. The van der Waals surface area contributed by atoms with Crippen molar-refractivity contribution in [3.05, 3.63) is 60.4 Å². The Kier molecular flexibility index (Phi) is 5.11. The molecule has 0 fully saturated rings. The van der Waals surface area contributed by atoms with Crippen LogP contribution in [-0.4, -0.2) is 22.1 Å². The van der Waals surface area contributed by atoms with Crippen molar-refractivity contribution in [3.8, 4) is 0 Å². The zero-order chi connectivity index (χ0) is 16.8. The van der Waals surface area contributed by atoms with Gasteiger partial charge in [0.1, 0.15) is 5.65 Å². The maximum Gasteiger partial charge on any atom is 0.319 e. The fraction of sp³-hybridized carbons (Fsp3) is 0.263. The molecule has 5 heteroatoms. The molecule has 2 aromatic heterocycles. The molecule has 5 nitrogen and oxygen atoms in total. The quantitative estimate of drug-likeness (QED) is 0.725. The van der Waals surface area contributed by atoms with Crippen LogP contribution in [0.25, 0.3) is 11.0 Å². The molecule has 0 saturated carbocycles. The number of urea groups is 1. The van der Waals surface area contributed by atoms with E-state index in [0.717, 1.165) is 36.1 Å². The zero-order valence-electron chi connectivity index (χ0n) is 13.8.